The summed E-state index contributed by atoms with van der Waals surface area (Å²) in [6.07, 6.45) is 4.01. The summed E-state index contributed by atoms with van der Waals surface area (Å²) < 4.78 is 3.00. The zero-order valence-corrected chi connectivity index (χ0v) is 12.0. The van der Waals surface area contributed by atoms with Gasteiger partial charge in [0.1, 0.15) is 0 Å². The van der Waals surface area contributed by atoms with Crippen LogP contribution >= 0.6 is 23.8 Å². The minimum atomic E-state index is 0.745. The first kappa shape index (κ1) is 12.2. The summed E-state index contributed by atoms with van der Waals surface area (Å²) in [5.41, 5.74) is 2.10. The van der Waals surface area contributed by atoms with Crippen LogP contribution in [0.25, 0.3) is 11.0 Å². The van der Waals surface area contributed by atoms with Gasteiger partial charge in [-0.05, 0) is 42.6 Å². The molecule has 4 heteroatoms. The Hall–Kier alpha value is -0.800. The minimum absolute atomic E-state index is 0.745. The SMILES string of the molecule is CC1CCCC1Cn1c(=S)[nH]c2c(Cl)cccc21. The molecule has 0 spiro atoms. The van der Waals surface area contributed by atoms with Gasteiger partial charge < -0.3 is 9.55 Å². The average Bonchev–Trinajstić information content (AvgIpc) is 2.87. The van der Waals surface area contributed by atoms with E-state index in [1.165, 1.54) is 19.3 Å². The fourth-order valence-corrected chi connectivity index (χ4v) is 3.55. The Labute approximate surface area is 117 Å². The predicted octanol–water partition coefficient (Wildman–Crippen LogP) is 4.79. The average molecular weight is 281 g/mol. The first-order valence-corrected chi connectivity index (χ1v) is 7.32. The number of nitrogens with one attached hydrogen (secondary N) is 1. The fraction of sp³-hybridized carbons (Fsp3) is 0.500. The van der Waals surface area contributed by atoms with Gasteiger partial charge in [0, 0.05) is 6.54 Å². The Morgan fingerprint density at radius 1 is 1.44 bits per heavy atom. The second-order valence-corrected chi connectivity index (χ2v) is 6.14. The van der Waals surface area contributed by atoms with Crippen LogP contribution in [0.1, 0.15) is 26.2 Å². The maximum Gasteiger partial charge on any atom is 0.178 e. The monoisotopic (exact) mass is 280 g/mol. The van der Waals surface area contributed by atoms with E-state index in [-0.39, 0.29) is 0 Å². The molecule has 0 saturated heterocycles. The van der Waals surface area contributed by atoms with Crippen molar-refractivity contribution < 1.29 is 0 Å². The van der Waals surface area contributed by atoms with Gasteiger partial charge in [-0.3, -0.25) is 0 Å². The van der Waals surface area contributed by atoms with E-state index in [9.17, 15) is 0 Å². The maximum atomic E-state index is 6.20. The van der Waals surface area contributed by atoms with Gasteiger partial charge in [-0.1, -0.05) is 37.4 Å². The van der Waals surface area contributed by atoms with Crippen LogP contribution in [0, 0.1) is 16.6 Å². The molecule has 0 amide bonds. The molecule has 2 atom stereocenters. The quantitative estimate of drug-likeness (QED) is 0.785. The smallest absolute Gasteiger partial charge is 0.178 e. The number of halogens is 1. The van der Waals surface area contributed by atoms with Gasteiger partial charge in [-0.25, -0.2) is 0 Å². The van der Waals surface area contributed by atoms with Crippen LogP contribution in [0.15, 0.2) is 18.2 Å². The Bertz CT molecular complexity index is 628. The summed E-state index contributed by atoms with van der Waals surface area (Å²) >= 11 is 11.6. The number of nitrogens with zero attached hydrogens (tertiary/aromatic N) is 1. The molecular formula is C14H17ClN2S. The lowest BCUT2D eigenvalue weighted by molar-refractivity contribution is 0.366. The molecule has 2 unspecified atom stereocenters. The van der Waals surface area contributed by atoms with Crippen LogP contribution in [0.4, 0.5) is 0 Å². The number of aromatic nitrogens is 2. The molecule has 1 heterocycles. The first-order chi connectivity index (χ1) is 8.66. The number of fused-ring (bicyclic) bond motifs is 1. The zero-order valence-electron chi connectivity index (χ0n) is 10.4. The molecule has 0 aliphatic heterocycles. The highest BCUT2D eigenvalue weighted by atomic mass is 35.5. The number of hydrogen-bond acceptors (Lipinski definition) is 1. The van der Waals surface area contributed by atoms with Gasteiger partial charge in [0.05, 0.1) is 16.1 Å². The number of benzene rings is 1. The predicted molar refractivity (Wildman–Crippen MR) is 78.6 cm³/mol. The Morgan fingerprint density at radius 2 is 2.28 bits per heavy atom. The van der Waals surface area contributed by atoms with Crippen molar-refractivity contribution in [1.29, 1.82) is 0 Å². The third-order valence-electron chi connectivity index (χ3n) is 4.22. The van der Waals surface area contributed by atoms with Crippen molar-refractivity contribution >= 4 is 34.9 Å². The molecule has 2 nitrogen and oxygen atoms in total. The van der Waals surface area contributed by atoms with Gasteiger partial charge in [0.15, 0.2) is 4.77 Å². The third-order valence-corrected chi connectivity index (χ3v) is 4.85. The summed E-state index contributed by atoms with van der Waals surface area (Å²) in [5.74, 6) is 1.55. The highest BCUT2D eigenvalue weighted by molar-refractivity contribution is 7.71. The van der Waals surface area contributed by atoms with Crippen molar-refractivity contribution in [2.24, 2.45) is 11.8 Å². The molecule has 1 fully saturated rings. The van der Waals surface area contributed by atoms with Gasteiger partial charge in [-0.15, -0.1) is 0 Å². The van der Waals surface area contributed by atoms with Crippen LogP contribution < -0.4 is 0 Å². The molecule has 3 rings (SSSR count). The normalized spacial score (nSPS) is 23.9. The number of para-hydroxylation sites is 1. The van der Waals surface area contributed by atoms with Gasteiger partial charge in [-0.2, -0.15) is 0 Å². The summed E-state index contributed by atoms with van der Waals surface area (Å²) in [6.45, 7) is 3.36. The fourth-order valence-electron chi connectivity index (χ4n) is 3.05. The minimum Gasteiger partial charge on any atom is -0.329 e. The molecule has 1 aliphatic carbocycles. The van der Waals surface area contributed by atoms with Crippen LogP contribution in [0.3, 0.4) is 0 Å². The first-order valence-electron chi connectivity index (χ1n) is 6.54. The standard InChI is InChI=1S/C14H17ClN2S/c1-9-4-2-5-10(9)8-17-12-7-3-6-11(15)13(12)16-14(17)18/h3,6-7,9-10H,2,4-5,8H2,1H3,(H,16,18). The number of H-pyrrole nitrogens is 1. The van der Waals surface area contributed by atoms with Gasteiger partial charge >= 0.3 is 0 Å². The van der Waals surface area contributed by atoms with E-state index in [4.69, 9.17) is 23.8 Å². The van der Waals surface area contributed by atoms with Crippen molar-refractivity contribution in [3.8, 4) is 0 Å². The molecule has 2 aromatic rings. The Balaban J connectivity index is 2.04. The van der Waals surface area contributed by atoms with Crippen molar-refractivity contribution in [1.82, 2.24) is 9.55 Å². The zero-order chi connectivity index (χ0) is 12.7. The Morgan fingerprint density at radius 3 is 3.00 bits per heavy atom. The Kier molecular flexibility index (Phi) is 3.20. The van der Waals surface area contributed by atoms with Crippen molar-refractivity contribution in [2.45, 2.75) is 32.7 Å². The highest BCUT2D eigenvalue weighted by Crippen LogP contribution is 2.33. The lowest BCUT2D eigenvalue weighted by Gasteiger charge is -2.16. The number of hydrogen-bond donors (Lipinski definition) is 1. The summed E-state index contributed by atoms with van der Waals surface area (Å²) in [7, 11) is 0. The topological polar surface area (TPSA) is 20.7 Å². The van der Waals surface area contributed by atoms with E-state index in [1.807, 2.05) is 12.1 Å². The molecule has 18 heavy (non-hydrogen) atoms. The van der Waals surface area contributed by atoms with E-state index >= 15 is 0 Å². The third kappa shape index (κ3) is 1.99. The molecule has 1 saturated carbocycles. The molecule has 1 aromatic carbocycles. The van der Waals surface area contributed by atoms with Crippen molar-refractivity contribution in [3.63, 3.8) is 0 Å². The van der Waals surface area contributed by atoms with E-state index in [0.29, 0.717) is 0 Å². The largest absolute Gasteiger partial charge is 0.329 e. The van der Waals surface area contributed by atoms with Gasteiger partial charge in [0.25, 0.3) is 0 Å². The van der Waals surface area contributed by atoms with Crippen LogP contribution in [0.5, 0.6) is 0 Å². The van der Waals surface area contributed by atoms with E-state index < -0.39 is 0 Å². The second kappa shape index (κ2) is 4.71. The summed E-state index contributed by atoms with van der Waals surface area (Å²) in [5, 5.41) is 0.747. The molecular weight excluding hydrogens is 264 g/mol. The molecule has 0 radical (unpaired) electrons. The van der Waals surface area contributed by atoms with E-state index in [2.05, 4.69) is 22.5 Å². The number of rotatable bonds is 2. The van der Waals surface area contributed by atoms with Crippen molar-refractivity contribution in [3.05, 3.63) is 28.0 Å². The second-order valence-electron chi connectivity index (χ2n) is 5.34. The van der Waals surface area contributed by atoms with E-state index in [1.54, 1.807) is 0 Å². The van der Waals surface area contributed by atoms with Crippen LogP contribution in [0.2, 0.25) is 5.02 Å². The molecule has 1 N–H and O–H groups in total. The number of imidazole rings is 1. The van der Waals surface area contributed by atoms with Crippen LogP contribution in [-0.4, -0.2) is 9.55 Å². The lowest BCUT2D eigenvalue weighted by Crippen LogP contribution is -2.13. The molecule has 0 bridgehead atoms. The maximum absolute atomic E-state index is 6.20. The van der Waals surface area contributed by atoms with Gasteiger partial charge in [0.2, 0.25) is 0 Å². The molecule has 96 valence electrons. The molecule has 1 aromatic heterocycles. The number of aromatic amines is 1. The molecule has 1 aliphatic rings. The van der Waals surface area contributed by atoms with Crippen LogP contribution in [-0.2, 0) is 6.54 Å². The lowest BCUT2D eigenvalue weighted by atomic mass is 9.98. The van der Waals surface area contributed by atoms with E-state index in [0.717, 1.165) is 39.2 Å². The summed E-state index contributed by atoms with van der Waals surface area (Å²) in [6, 6.07) is 5.98. The van der Waals surface area contributed by atoms with Crippen molar-refractivity contribution in [2.75, 3.05) is 0 Å². The summed E-state index contributed by atoms with van der Waals surface area (Å²) in [4.78, 5) is 3.23. The highest BCUT2D eigenvalue weighted by Gasteiger charge is 2.24.